The van der Waals surface area contributed by atoms with E-state index >= 15 is 0 Å². The lowest BCUT2D eigenvalue weighted by molar-refractivity contribution is -0.140. The van der Waals surface area contributed by atoms with Gasteiger partial charge in [0.05, 0.1) is 17.7 Å². The Kier molecular flexibility index (Phi) is 11.1. The largest absolute Gasteiger partial charge is 0.495 e. The van der Waals surface area contributed by atoms with Crippen molar-refractivity contribution >= 4 is 43.5 Å². The summed E-state index contributed by atoms with van der Waals surface area (Å²) < 4.78 is 35.7. The molecule has 1 unspecified atom stereocenters. The summed E-state index contributed by atoms with van der Waals surface area (Å²) in [4.78, 5) is 30.1. The molecule has 236 valence electrons. The molecule has 0 aromatic heterocycles. The Labute approximate surface area is 274 Å². The zero-order valence-corrected chi connectivity index (χ0v) is 28.2. The molecular weight excluding hydrogens is 654 g/mol. The van der Waals surface area contributed by atoms with E-state index in [0.717, 1.165) is 19.9 Å². The number of methoxy groups -OCH3 is 1. The van der Waals surface area contributed by atoms with Crippen LogP contribution in [0.4, 0.5) is 5.69 Å². The monoisotopic (exact) mass is 691 g/mol. The molecule has 1 atom stereocenters. The van der Waals surface area contributed by atoms with E-state index < -0.39 is 34.1 Å². The Morgan fingerprint density at radius 3 is 2.07 bits per heavy atom. The average Bonchev–Trinajstić information content (AvgIpc) is 3.01. The van der Waals surface area contributed by atoms with Crippen molar-refractivity contribution in [2.24, 2.45) is 0 Å². The fraction of sp³-hybridized carbons (Fsp3) is 0.257. The Bertz CT molecular complexity index is 1710. The lowest BCUT2D eigenvalue weighted by Crippen LogP contribution is -2.56. The predicted octanol–water partition coefficient (Wildman–Crippen LogP) is 6.21. The van der Waals surface area contributed by atoms with Crippen LogP contribution in [0, 0.1) is 0 Å². The van der Waals surface area contributed by atoms with E-state index in [1.807, 2.05) is 75.4 Å². The van der Waals surface area contributed by atoms with Gasteiger partial charge in [-0.25, -0.2) is 8.42 Å². The summed E-state index contributed by atoms with van der Waals surface area (Å²) in [5.41, 5.74) is 1.26. The quantitative estimate of drug-likeness (QED) is 0.191. The summed E-state index contributed by atoms with van der Waals surface area (Å²) in [5, 5.41) is 3.04. The van der Waals surface area contributed by atoms with Crippen LogP contribution in [0.3, 0.4) is 0 Å². The van der Waals surface area contributed by atoms with Crippen molar-refractivity contribution in [3.05, 3.63) is 125 Å². The second-order valence-corrected chi connectivity index (χ2v) is 14.4. The molecular formula is C35H38BrN3O5S. The molecule has 1 N–H and O–H groups in total. The smallest absolute Gasteiger partial charge is 0.264 e. The minimum absolute atomic E-state index is 0.0218. The Hall–Kier alpha value is -4.15. The van der Waals surface area contributed by atoms with Crippen molar-refractivity contribution in [2.75, 3.05) is 18.0 Å². The van der Waals surface area contributed by atoms with E-state index in [-0.39, 0.29) is 35.2 Å². The standard InChI is InChI=1S/C35H38BrN3O5S/c1-35(2,3)37-34(41)31(23-26-14-7-5-8-15-26)38(24-27-16-13-17-28(36)22-27)33(40)25-39(30-20-11-12-21-32(30)44-4)45(42,43)29-18-9-6-10-19-29/h5-22,31H,23-25H2,1-4H3,(H,37,41). The number of carbonyl (C=O) groups excluding carboxylic acids is 2. The molecule has 0 saturated carbocycles. The lowest BCUT2D eigenvalue weighted by Gasteiger charge is -2.35. The van der Waals surface area contributed by atoms with E-state index in [1.54, 1.807) is 42.5 Å². The van der Waals surface area contributed by atoms with Crippen molar-refractivity contribution in [1.29, 1.82) is 0 Å². The Morgan fingerprint density at radius 1 is 0.844 bits per heavy atom. The zero-order valence-electron chi connectivity index (χ0n) is 25.8. The van der Waals surface area contributed by atoms with Crippen LogP contribution in [0.25, 0.3) is 0 Å². The SMILES string of the molecule is COc1ccccc1N(CC(=O)N(Cc1cccc(Br)c1)C(Cc1ccccc1)C(=O)NC(C)(C)C)S(=O)(=O)c1ccccc1. The first-order valence-electron chi connectivity index (χ1n) is 14.5. The molecule has 0 spiro atoms. The molecule has 0 saturated heterocycles. The molecule has 0 aliphatic rings. The molecule has 0 aliphatic heterocycles. The number of para-hydroxylation sites is 2. The topological polar surface area (TPSA) is 96.0 Å². The highest BCUT2D eigenvalue weighted by Gasteiger charge is 2.36. The number of anilines is 1. The number of ether oxygens (including phenoxy) is 1. The average molecular weight is 693 g/mol. The molecule has 0 heterocycles. The maximum Gasteiger partial charge on any atom is 0.264 e. The third-order valence-corrected chi connectivity index (χ3v) is 9.24. The van der Waals surface area contributed by atoms with Gasteiger partial charge in [-0.15, -0.1) is 0 Å². The third-order valence-electron chi connectivity index (χ3n) is 6.98. The molecule has 45 heavy (non-hydrogen) atoms. The van der Waals surface area contributed by atoms with Gasteiger partial charge in [-0.2, -0.15) is 0 Å². The molecule has 4 rings (SSSR count). The highest BCUT2D eigenvalue weighted by molar-refractivity contribution is 9.10. The maximum atomic E-state index is 14.6. The first-order chi connectivity index (χ1) is 21.4. The number of sulfonamides is 1. The van der Waals surface area contributed by atoms with Gasteiger partial charge in [-0.05, 0) is 68.3 Å². The Balaban J connectivity index is 1.84. The van der Waals surface area contributed by atoms with Crippen LogP contribution in [0.1, 0.15) is 31.9 Å². The fourth-order valence-electron chi connectivity index (χ4n) is 4.91. The van der Waals surface area contributed by atoms with Gasteiger partial charge in [-0.3, -0.25) is 13.9 Å². The molecule has 4 aromatic carbocycles. The summed E-state index contributed by atoms with van der Waals surface area (Å²) in [5.74, 6) is -0.607. The number of benzene rings is 4. The fourth-order valence-corrected chi connectivity index (χ4v) is 6.80. The first kappa shape index (κ1) is 33.7. The Morgan fingerprint density at radius 2 is 1.44 bits per heavy atom. The molecule has 10 heteroatoms. The summed E-state index contributed by atoms with van der Waals surface area (Å²) in [6.45, 7) is 5.13. The van der Waals surface area contributed by atoms with Gasteiger partial charge in [-0.1, -0.05) is 88.7 Å². The van der Waals surface area contributed by atoms with Crippen molar-refractivity contribution in [2.45, 2.75) is 50.2 Å². The van der Waals surface area contributed by atoms with Crippen molar-refractivity contribution < 1.29 is 22.7 Å². The number of nitrogens with one attached hydrogen (secondary N) is 1. The number of carbonyl (C=O) groups is 2. The molecule has 4 aromatic rings. The minimum Gasteiger partial charge on any atom is -0.495 e. The number of amides is 2. The van der Waals surface area contributed by atoms with Crippen molar-refractivity contribution in [1.82, 2.24) is 10.2 Å². The number of hydrogen-bond donors (Lipinski definition) is 1. The van der Waals surface area contributed by atoms with E-state index in [1.165, 1.54) is 24.1 Å². The van der Waals surface area contributed by atoms with Crippen LogP contribution < -0.4 is 14.4 Å². The van der Waals surface area contributed by atoms with E-state index in [4.69, 9.17) is 4.74 Å². The second kappa shape index (κ2) is 14.8. The molecule has 0 fully saturated rings. The molecule has 2 amide bonds. The highest BCUT2D eigenvalue weighted by atomic mass is 79.9. The summed E-state index contributed by atoms with van der Waals surface area (Å²) in [7, 11) is -2.79. The lowest BCUT2D eigenvalue weighted by atomic mass is 10.0. The van der Waals surface area contributed by atoms with Crippen LogP contribution in [-0.2, 0) is 32.6 Å². The van der Waals surface area contributed by atoms with Gasteiger partial charge in [0.1, 0.15) is 18.3 Å². The van der Waals surface area contributed by atoms with Gasteiger partial charge >= 0.3 is 0 Å². The first-order valence-corrected chi connectivity index (χ1v) is 16.7. The maximum absolute atomic E-state index is 14.6. The summed E-state index contributed by atoms with van der Waals surface area (Å²) >= 11 is 3.50. The van der Waals surface area contributed by atoms with E-state index in [2.05, 4.69) is 21.2 Å². The van der Waals surface area contributed by atoms with Crippen LogP contribution in [-0.4, -0.2) is 50.4 Å². The van der Waals surface area contributed by atoms with Crippen LogP contribution in [0.2, 0.25) is 0 Å². The zero-order chi connectivity index (χ0) is 32.6. The predicted molar refractivity (Wildman–Crippen MR) is 180 cm³/mol. The van der Waals surface area contributed by atoms with Gasteiger partial charge in [0, 0.05) is 23.0 Å². The summed E-state index contributed by atoms with van der Waals surface area (Å²) in [6, 6.07) is 30.6. The van der Waals surface area contributed by atoms with Gasteiger partial charge in [0.25, 0.3) is 10.0 Å². The van der Waals surface area contributed by atoms with Gasteiger partial charge < -0.3 is 15.0 Å². The van der Waals surface area contributed by atoms with Gasteiger partial charge in [0.15, 0.2) is 0 Å². The molecule has 0 bridgehead atoms. The number of nitrogens with zero attached hydrogens (tertiary/aromatic N) is 2. The van der Waals surface area contributed by atoms with Crippen LogP contribution >= 0.6 is 15.9 Å². The van der Waals surface area contributed by atoms with Gasteiger partial charge in [0.2, 0.25) is 11.8 Å². The van der Waals surface area contributed by atoms with Crippen LogP contribution in [0.5, 0.6) is 5.75 Å². The molecule has 8 nitrogen and oxygen atoms in total. The second-order valence-electron chi connectivity index (χ2n) is 11.6. The van der Waals surface area contributed by atoms with E-state index in [9.17, 15) is 18.0 Å². The van der Waals surface area contributed by atoms with Crippen molar-refractivity contribution in [3.8, 4) is 5.75 Å². The van der Waals surface area contributed by atoms with Crippen molar-refractivity contribution in [3.63, 3.8) is 0 Å². The number of hydrogen-bond acceptors (Lipinski definition) is 5. The molecule has 0 radical (unpaired) electrons. The molecule has 0 aliphatic carbocycles. The normalized spacial score (nSPS) is 12.2. The number of rotatable bonds is 12. The van der Waals surface area contributed by atoms with E-state index in [0.29, 0.717) is 0 Å². The summed E-state index contributed by atoms with van der Waals surface area (Å²) in [6.07, 6.45) is 0.225. The van der Waals surface area contributed by atoms with Crippen LogP contribution in [0.15, 0.2) is 119 Å². The third kappa shape index (κ3) is 8.95. The highest BCUT2D eigenvalue weighted by Crippen LogP contribution is 2.32. The minimum atomic E-state index is -4.23. The number of halogens is 1.